The number of hydrogen-bond acceptors (Lipinski definition) is 12. The van der Waals surface area contributed by atoms with E-state index in [1.54, 1.807) is 24.4 Å². The van der Waals surface area contributed by atoms with Crippen LogP contribution in [-0.2, 0) is 21.9 Å². The molecule has 3 aliphatic rings. The van der Waals surface area contributed by atoms with Gasteiger partial charge in [0.2, 0.25) is 0 Å². The second-order valence-corrected chi connectivity index (χ2v) is 18.6. The third kappa shape index (κ3) is 10.5. The Kier molecular flexibility index (Phi) is 13.8. The van der Waals surface area contributed by atoms with Crippen molar-refractivity contribution in [1.29, 1.82) is 0 Å². The van der Waals surface area contributed by atoms with Gasteiger partial charge in [0.05, 0.1) is 26.7 Å². The number of nitrogens with zero attached hydrogens (tertiary/aromatic N) is 4. The predicted octanol–water partition coefficient (Wildman–Crippen LogP) is 7.40. The van der Waals surface area contributed by atoms with Crippen LogP contribution in [0.25, 0.3) is 11.0 Å². The molecule has 9 rings (SSSR count). The Bertz CT molecular complexity index is 2540. The Morgan fingerprint density at radius 2 is 1.84 bits per heavy atom. The molecule has 0 unspecified atom stereocenters. The number of amides is 2. The molecule has 17 heteroatoms. The van der Waals surface area contributed by atoms with Gasteiger partial charge in [-0.3, -0.25) is 18.7 Å². The van der Waals surface area contributed by atoms with Crippen molar-refractivity contribution in [2.75, 3.05) is 69.4 Å². The molecule has 328 valence electrons. The lowest BCUT2D eigenvalue weighted by molar-refractivity contribution is -0.496. The number of nitrogens with one attached hydrogen (secondary N) is 3. The van der Waals surface area contributed by atoms with Crippen molar-refractivity contribution in [1.82, 2.24) is 25.1 Å². The largest absolute Gasteiger partial charge is 0.630 e. The molecule has 0 bridgehead atoms. The molecule has 3 aliphatic heterocycles. The second-order valence-electron chi connectivity index (χ2n) is 16.0. The van der Waals surface area contributed by atoms with Crippen molar-refractivity contribution < 1.29 is 28.7 Å². The second kappa shape index (κ2) is 20.1. The molecule has 2 saturated heterocycles. The summed E-state index contributed by atoms with van der Waals surface area (Å²) in [7, 11) is 0. The molecule has 2 fully saturated rings. The molecule has 0 aliphatic carbocycles. The van der Waals surface area contributed by atoms with E-state index in [0.29, 0.717) is 44.4 Å². The number of pyridine rings is 1. The van der Waals surface area contributed by atoms with Crippen LogP contribution in [0.4, 0.5) is 17.1 Å². The van der Waals surface area contributed by atoms with Crippen molar-refractivity contribution in [3.8, 4) is 11.5 Å². The van der Waals surface area contributed by atoms with Crippen molar-refractivity contribution in [3.05, 3.63) is 128 Å². The SMILES string of the molecule is O=C(NCOSc1ccc(NCC2CCOCC2)c([NH2+][O-])c1)c1ccc(N2CCN(C[C@@H]3Cc4ccccc4CN3C(=O)c3ccc(Cl)s3)CC2)cc1Oc1cnc2[nH]ccc2c1. The Morgan fingerprint density at radius 1 is 1.00 bits per heavy atom. The zero-order valence-corrected chi connectivity index (χ0v) is 37.0. The maximum Gasteiger partial charge on any atom is 0.264 e. The monoisotopic (exact) mass is 908 g/mol. The van der Waals surface area contributed by atoms with Crippen molar-refractivity contribution in [3.63, 3.8) is 0 Å². The lowest BCUT2D eigenvalue weighted by Gasteiger charge is -2.42. The number of carbonyl (C=O) groups is 2. The van der Waals surface area contributed by atoms with Gasteiger partial charge in [-0.25, -0.2) is 4.98 Å². The number of aromatic amines is 1. The number of quaternary nitrogens is 1. The van der Waals surface area contributed by atoms with Gasteiger partial charge < -0.3 is 45.6 Å². The van der Waals surface area contributed by atoms with Crippen molar-refractivity contribution >= 4 is 74.9 Å². The minimum absolute atomic E-state index is 0.0190. The minimum atomic E-state index is -0.364. The quantitative estimate of drug-likeness (QED) is 0.0267. The first-order chi connectivity index (χ1) is 30.9. The standard InChI is InChI=1S/C46H49ClN8O6S2/c47-43-10-9-42(62-43)46(57)55-27-33-4-2-1-3-31(33)21-35(55)28-53-15-17-54(18-16-53)34-5-7-38(41(23-34)61-36-22-32-11-14-48-44(32)50-26-36)45(56)51-29-60-63-37-6-8-39(40(24-37)52-58)49-25-30-12-19-59-20-13-30/h1-11,14,22-24,26,30,35,49H,12-13,15-21,25,27-29,52H2,(H,48,50)(H,51,56)/t35-/m0/s1. The first-order valence-corrected chi connectivity index (χ1v) is 23.1. The molecule has 0 radical (unpaired) electrons. The first kappa shape index (κ1) is 43.1. The van der Waals surface area contributed by atoms with Crippen LogP contribution in [0.3, 0.4) is 0 Å². The fourth-order valence-corrected chi connectivity index (χ4v) is 10.0. The van der Waals surface area contributed by atoms with Gasteiger partial charge in [0.15, 0.2) is 5.69 Å². The summed E-state index contributed by atoms with van der Waals surface area (Å²) in [6.45, 7) is 6.68. The van der Waals surface area contributed by atoms with E-state index in [0.717, 1.165) is 117 Å². The number of fused-ring (bicyclic) bond motifs is 2. The summed E-state index contributed by atoms with van der Waals surface area (Å²) in [5.41, 5.74) is 6.65. The van der Waals surface area contributed by atoms with Crippen LogP contribution in [0.2, 0.25) is 4.34 Å². The number of ether oxygens (including phenoxy) is 2. The topological polar surface area (TPSA) is 164 Å². The maximum atomic E-state index is 13.8. The molecule has 2 amide bonds. The minimum Gasteiger partial charge on any atom is -0.630 e. The highest BCUT2D eigenvalue weighted by atomic mass is 35.5. The highest BCUT2D eigenvalue weighted by molar-refractivity contribution is 7.94. The maximum absolute atomic E-state index is 13.8. The third-order valence-corrected chi connectivity index (χ3v) is 13.8. The average Bonchev–Trinajstić information content (AvgIpc) is 3.98. The molecular formula is C46H49ClN8O6S2. The molecular weight excluding hydrogens is 860 g/mol. The van der Waals surface area contributed by atoms with E-state index in [9.17, 15) is 14.8 Å². The fraction of sp³-hybridized carbons (Fsp3) is 0.326. The summed E-state index contributed by atoms with van der Waals surface area (Å²) in [5, 5.41) is 19.1. The average molecular weight is 910 g/mol. The molecule has 3 aromatic carbocycles. The Hall–Kier alpha value is -5.17. The van der Waals surface area contributed by atoms with Crippen LogP contribution >= 0.6 is 35.0 Å². The normalized spacial score (nSPS) is 17.1. The van der Waals surface area contributed by atoms with Crippen molar-refractivity contribution in [2.24, 2.45) is 5.92 Å². The number of hydrogen-bond donors (Lipinski definition) is 4. The zero-order valence-electron chi connectivity index (χ0n) is 34.6. The Labute approximate surface area is 379 Å². The van der Waals surface area contributed by atoms with E-state index in [1.807, 2.05) is 59.6 Å². The molecule has 1 atom stereocenters. The molecule has 6 heterocycles. The highest BCUT2D eigenvalue weighted by Crippen LogP contribution is 2.34. The van der Waals surface area contributed by atoms with Gasteiger partial charge in [-0.2, -0.15) is 0 Å². The number of piperazine rings is 1. The molecule has 3 aromatic heterocycles. The van der Waals surface area contributed by atoms with Crippen LogP contribution in [0.15, 0.2) is 102 Å². The number of halogens is 1. The van der Waals surface area contributed by atoms with Crippen LogP contribution in [0.1, 0.15) is 44.0 Å². The van der Waals surface area contributed by atoms with Gasteiger partial charge in [0, 0.05) is 111 Å². The molecule has 6 aromatic rings. The smallest absolute Gasteiger partial charge is 0.264 e. The number of anilines is 2. The summed E-state index contributed by atoms with van der Waals surface area (Å²) in [6, 6.07) is 27.0. The number of nitrogens with two attached hydrogens (primary N) is 1. The van der Waals surface area contributed by atoms with Crippen molar-refractivity contribution in [2.45, 2.75) is 36.7 Å². The predicted molar refractivity (Wildman–Crippen MR) is 247 cm³/mol. The number of benzene rings is 3. The van der Waals surface area contributed by atoms with Gasteiger partial charge in [0.1, 0.15) is 23.9 Å². The van der Waals surface area contributed by atoms with Gasteiger partial charge in [-0.05, 0) is 84.8 Å². The third-order valence-electron chi connectivity index (χ3n) is 11.9. The molecule has 63 heavy (non-hydrogen) atoms. The van der Waals surface area contributed by atoms with E-state index in [-0.39, 0.29) is 24.6 Å². The van der Waals surface area contributed by atoms with Crippen LogP contribution < -0.4 is 25.8 Å². The van der Waals surface area contributed by atoms with Crippen LogP contribution in [0, 0.1) is 11.1 Å². The van der Waals surface area contributed by atoms with Crippen LogP contribution in [0.5, 0.6) is 11.5 Å². The fourth-order valence-electron chi connectivity index (χ4n) is 8.47. The number of carbonyl (C=O) groups excluding carboxylic acids is 2. The number of aromatic nitrogens is 2. The molecule has 0 saturated carbocycles. The summed E-state index contributed by atoms with van der Waals surface area (Å²) >= 11 is 8.65. The molecule has 14 nitrogen and oxygen atoms in total. The Morgan fingerprint density at radius 3 is 2.65 bits per heavy atom. The van der Waals surface area contributed by atoms with E-state index in [2.05, 4.69) is 48.6 Å². The van der Waals surface area contributed by atoms with Gasteiger partial charge in [-0.1, -0.05) is 35.9 Å². The summed E-state index contributed by atoms with van der Waals surface area (Å²) in [4.78, 5) is 43.3. The van der Waals surface area contributed by atoms with E-state index in [4.69, 9.17) is 25.3 Å². The summed E-state index contributed by atoms with van der Waals surface area (Å²) < 4.78 is 18.3. The van der Waals surface area contributed by atoms with Crippen LogP contribution in [-0.4, -0.2) is 96.8 Å². The van der Waals surface area contributed by atoms with E-state index in [1.165, 1.54) is 22.5 Å². The molecule has 0 spiro atoms. The van der Waals surface area contributed by atoms with Gasteiger partial charge in [-0.15, -0.1) is 11.3 Å². The first-order valence-electron chi connectivity index (χ1n) is 21.2. The lowest BCUT2D eigenvalue weighted by atomic mass is 9.93. The summed E-state index contributed by atoms with van der Waals surface area (Å²) in [6.07, 6.45) is 6.25. The Balaban J connectivity index is 0.841. The van der Waals surface area contributed by atoms with E-state index >= 15 is 0 Å². The number of rotatable bonds is 15. The van der Waals surface area contributed by atoms with Gasteiger partial charge in [0.25, 0.3) is 11.8 Å². The van der Waals surface area contributed by atoms with Gasteiger partial charge >= 0.3 is 0 Å². The lowest BCUT2D eigenvalue weighted by Crippen LogP contribution is -2.70. The zero-order chi connectivity index (χ0) is 43.1. The highest BCUT2D eigenvalue weighted by Gasteiger charge is 2.33. The van der Waals surface area contributed by atoms with E-state index < -0.39 is 0 Å². The number of thiophene rings is 1. The molecule has 5 N–H and O–H groups in total. The number of H-pyrrole nitrogens is 1. The summed E-state index contributed by atoms with van der Waals surface area (Å²) in [5.74, 6) is 1.06.